The molecule has 0 fully saturated rings. The lowest BCUT2D eigenvalue weighted by atomic mass is 10.2. The number of hydrogen-bond acceptors (Lipinski definition) is 5. The fourth-order valence-electron chi connectivity index (χ4n) is 1.59. The highest BCUT2D eigenvalue weighted by atomic mass is 35.5. The molecule has 24 heavy (non-hydrogen) atoms. The van der Waals surface area contributed by atoms with Crippen LogP contribution in [0.1, 0.15) is 17.7 Å². The van der Waals surface area contributed by atoms with Crippen LogP contribution in [-0.4, -0.2) is 16.4 Å². The normalized spacial score (nSPS) is 9.88. The van der Waals surface area contributed by atoms with Crippen LogP contribution in [0.2, 0.25) is 5.02 Å². The lowest BCUT2D eigenvalue weighted by Gasteiger charge is -2.06. The number of nitrogens with zero attached hydrogens (tertiary/aromatic N) is 3. The molecule has 2 aromatic rings. The summed E-state index contributed by atoms with van der Waals surface area (Å²) in [5.74, 6) is 5.57. The molecular weight excluding hydrogens is 346 g/mol. The van der Waals surface area contributed by atoms with E-state index in [1.54, 1.807) is 18.2 Å². The van der Waals surface area contributed by atoms with Gasteiger partial charge in [-0.05, 0) is 18.2 Å². The molecule has 0 unspecified atom stereocenters. The highest BCUT2D eigenvalue weighted by Crippen LogP contribution is 2.21. The second-order valence-corrected chi connectivity index (χ2v) is 4.81. The average Bonchev–Trinajstić information content (AvgIpc) is 2.56. The number of nitrogen functional groups attached to an aromatic ring is 1. The number of nitrogens with two attached hydrogens (primary N) is 1. The second-order valence-electron chi connectivity index (χ2n) is 4.38. The Labute approximate surface area is 140 Å². The molecule has 0 radical (unpaired) electrons. The van der Waals surface area contributed by atoms with Gasteiger partial charge in [0.25, 0.3) is 12.0 Å². The molecule has 0 saturated heterocycles. The van der Waals surface area contributed by atoms with Gasteiger partial charge in [0.1, 0.15) is 17.5 Å². The fourth-order valence-corrected chi connectivity index (χ4v) is 1.77. The highest BCUT2D eigenvalue weighted by Gasteiger charge is 2.14. The number of alkyl halides is 2. The summed E-state index contributed by atoms with van der Waals surface area (Å²) in [5.41, 5.74) is -2.10. The molecule has 0 aliphatic carbocycles. The van der Waals surface area contributed by atoms with Gasteiger partial charge in [-0.15, -0.1) is 0 Å². The predicted molar refractivity (Wildman–Crippen MR) is 83.8 cm³/mol. The number of rotatable bonds is 2. The van der Waals surface area contributed by atoms with Gasteiger partial charge in [0.2, 0.25) is 0 Å². The fraction of sp³-hybridized carbons (Fsp3) is 0.214. The van der Waals surface area contributed by atoms with Gasteiger partial charge in [-0.3, -0.25) is 9.36 Å². The van der Waals surface area contributed by atoms with Crippen molar-refractivity contribution in [2.45, 2.75) is 6.43 Å². The second kappa shape index (κ2) is 8.12. The zero-order valence-corrected chi connectivity index (χ0v) is 13.4. The van der Waals surface area contributed by atoms with Crippen LogP contribution in [0.25, 0.3) is 0 Å². The van der Waals surface area contributed by atoms with Crippen molar-refractivity contribution in [3.8, 4) is 11.8 Å². The first-order valence-electron chi connectivity index (χ1n) is 6.32. The largest absolute Gasteiger partial charge is 0.495 e. The molecule has 7 nitrogen and oxygen atoms in total. The quantitative estimate of drug-likeness (QED) is 0.818. The molecule has 0 aliphatic rings. The maximum Gasteiger partial charge on any atom is 0.349 e. The molecule has 0 saturated carbocycles. The lowest BCUT2D eigenvalue weighted by Crippen LogP contribution is -2.42. The van der Waals surface area contributed by atoms with Crippen LogP contribution < -0.4 is 21.8 Å². The molecule has 0 aliphatic heterocycles. The van der Waals surface area contributed by atoms with Crippen molar-refractivity contribution in [3.63, 3.8) is 0 Å². The number of halogens is 3. The topological polar surface area (TPSA) is 103 Å². The minimum atomic E-state index is -2.94. The van der Waals surface area contributed by atoms with E-state index in [0.29, 0.717) is 27.0 Å². The van der Waals surface area contributed by atoms with Crippen molar-refractivity contribution >= 4 is 11.6 Å². The summed E-state index contributed by atoms with van der Waals surface area (Å²) in [6, 6.07) is 7.53. The van der Waals surface area contributed by atoms with Gasteiger partial charge in [0.15, 0.2) is 0 Å². The number of hydrogen-bond donors (Lipinski definition) is 1. The van der Waals surface area contributed by atoms with Gasteiger partial charge in [-0.25, -0.2) is 18.3 Å². The van der Waals surface area contributed by atoms with Crippen LogP contribution in [-0.2, 0) is 7.05 Å². The highest BCUT2D eigenvalue weighted by molar-refractivity contribution is 6.30. The minimum absolute atomic E-state index is 0.256. The molecule has 0 bridgehead atoms. The first kappa shape index (κ1) is 19.2. The van der Waals surface area contributed by atoms with E-state index in [-0.39, 0.29) is 4.68 Å². The Morgan fingerprint density at radius 3 is 2.46 bits per heavy atom. The first-order valence-corrected chi connectivity index (χ1v) is 6.70. The van der Waals surface area contributed by atoms with Crippen molar-refractivity contribution in [1.29, 1.82) is 5.26 Å². The Morgan fingerprint density at radius 1 is 1.33 bits per heavy atom. The van der Waals surface area contributed by atoms with E-state index >= 15 is 0 Å². The Hall–Kier alpha value is -2.86. The molecule has 128 valence electrons. The number of nitriles is 1. The maximum atomic E-state index is 12.1. The zero-order chi connectivity index (χ0) is 18.4. The molecule has 2 N–H and O–H groups in total. The predicted octanol–water partition coefficient (Wildman–Crippen LogP) is 1.42. The Balaban J connectivity index is 0.000000243. The third kappa shape index (κ3) is 4.33. The molecule has 1 aromatic heterocycles. The van der Waals surface area contributed by atoms with Crippen LogP contribution in [0.15, 0.2) is 33.9 Å². The molecular formula is C14H13ClF2N4O3. The van der Waals surface area contributed by atoms with Crippen LogP contribution in [0.4, 0.5) is 8.78 Å². The molecule has 0 amide bonds. The van der Waals surface area contributed by atoms with E-state index in [1.165, 1.54) is 7.11 Å². The Bertz CT molecular complexity index is 887. The van der Waals surface area contributed by atoms with Gasteiger partial charge in [0.05, 0.1) is 12.7 Å². The third-order valence-electron chi connectivity index (χ3n) is 2.88. The Kier molecular flexibility index (Phi) is 6.49. The van der Waals surface area contributed by atoms with Gasteiger partial charge in [0, 0.05) is 18.1 Å². The molecule has 2 rings (SSSR count). The first-order chi connectivity index (χ1) is 11.2. The Morgan fingerprint density at radius 2 is 1.96 bits per heavy atom. The standard InChI is InChI=1S/C8H6ClNO.C6H7F2N3O2/c1-11-8-3-2-7(9)4-6(8)5-10;1-10-4(12)2-3(5(7)8)11(9)6(10)13/h2-4H,1H3;2,5H,9H2,1H3. The minimum Gasteiger partial charge on any atom is -0.495 e. The SMILES string of the molecule is COc1ccc(Cl)cc1C#N.Cn1c(=O)cc(C(F)F)n(N)c1=O. The van der Waals surface area contributed by atoms with E-state index in [9.17, 15) is 18.4 Å². The number of ether oxygens (including phenoxy) is 1. The summed E-state index contributed by atoms with van der Waals surface area (Å²) in [7, 11) is 2.67. The van der Waals surface area contributed by atoms with E-state index in [4.69, 9.17) is 27.4 Å². The summed E-state index contributed by atoms with van der Waals surface area (Å²) in [6.45, 7) is 0. The number of benzene rings is 1. The number of methoxy groups -OCH3 is 1. The van der Waals surface area contributed by atoms with Gasteiger partial charge in [-0.1, -0.05) is 11.6 Å². The summed E-state index contributed by atoms with van der Waals surface area (Å²) in [5, 5.41) is 9.13. The molecule has 0 atom stereocenters. The van der Waals surface area contributed by atoms with E-state index < -0.39 is 23.4 Å². The third-order valence-corrected chi connectivity index (χ3v) is 3.11. The smallest absolute Gasteiger partial charge is 0.349 e. The average molecular weight is 359 g/mol. The summed E-state index contributed by atoms with van der Waals surface area (Å²) in [4.78, 5) is 21.9. The van der Waals surface area contributed by atoms with Crippen molar-refractivity contribution < 1.29 is 13.5 Å². The van der Waals surface area contributed by atoms with Crippen LogP contribution in [0.5, 0.6) is 5.75 Å². The van der Waals surface area contributed by atoms with Gasteiger partial charge < -0.3 is 10.6 Å². The van der Waals surface area contributed by atoms with Crippen LogP contribution in [0, 0.1) is 11.3 Å². The van der Waals surface area contributed by atoms with E-state index in [0.717, 1.165) is 7.05 Å². The van der Waals surface area contributed by atoms with Crippen LogP contribution >= 0.6 is 11.6 Å². The van der Waals surface area contributed by atoms with Crippen LogP contribution in [0.3, 0.4) is 0 Å². The van der Waals surface area contributed by atoms with E-state index in [2.05, 4.69) is 0 Å². The molecule has 10 heteroatoms. The van der Waals surface area contributed by atoms with Gasteiger partial charge >= 0.3 is 5.69 Å². The summed E-state index contributed by atoms with van der Waals surface area (Å²) in [6.07, 6.45) is -2.94. The van der Waals surface area contributed by atoms with Crippen molar-refractivity contribution in [2.75, 3.05) is 13.0 Å². The molecule has 1 aromatic carbocycles. The van der Waals surface area contributed by atoms with E-state index in [1.807, 2.05) is 6.07 Å². The number of aromatic nitrogens is 2. The summed E-state index contributed by atoms with van der Waals surface area (Å²) >= 11 is 5.65. The monoisotopic (exact) mass is 358 g/mol. The molecule has 0 spiro atoms. The maximum absolute atomic E-state index is 12.1. The van der Waals surface area contributed by atoms with Crippen molar-refractivity contribution in [1.82, 2.24) is 9.24 Å². The molecule has 1 heterocycles. The van der Waals surface area contributed by atoms with Gasteiger partial charge in [-0.2, -0.15) is 5.26 Å². The van der Waals surface area contributed by atoms with Crippen molar-refractivity contribution in [3.05, 3.63) is 61.4 Å². The lowest BCUT2D eigenvalue weighted by molar-refractivity contribution is 0.141. The van der Waals surface area contributed by atoms with Crippen molar-refractivity contribution in [2.24, 2.45) is 7.05 Å². The summed E-state index contributed by atoms with van der Waals surface area (Å²) < 4.78 is 30.1. The zero-order valence-electron chi connectivity index (χ0n) is 12.7.